The smallest absolute Gasteiger partial charge is 0.420 e. The molecule has 0 N–H and O–H groups in total. The number of piperazine rings is 1. The number of carbonyl (C=O) groups is 1. The summed E-state index contributed by atoms with van der Waals surface area (Å²) in [6.45, 7) is 3.81. The molecule has 2 saturated heterocycles. The van der Waals surface area contributed by atoms with Crippen molar-refractivity contribution in [1.29, 1.82) is 0 Å². The largest absolute Gasteiger partial charge is 0.495 e. The first-order chi connectivity index (χ1) is 18.5. The molecule has 5 rings (SSSR count). The summed E-state index contributed by atoms with van der Waals surface area (Å²) in [6.07, 6.45) is 2.92. The van der Waals surface area contributed by atoms with Gasteiger partial charge in [0, 0.05) is 50.6 Å². The van der Waals surface area contributed by atoms with Crippen LogP contribution in [-0.2, 0) is 20.8 Å². The topological polar surface area (TPSA) is 95.6 Å². The van der Waals surface area contributed by atoms with Crippen molar-refractivity contribution in [2.24, 2.45) is 0 Å². The summed E-state index contributed by atoms with van der Waals surface area (Å²) in [5, 5.41) is 0.556. The summed E-state index contributed by atoms with van der Waals surface area (Å²) in [5.74, 6) is 0.471. The minimum absolute atomic E-state index is 0.0873. The van der Waals surface area contributed by atoms with Crippen molar-refractivity contribution < 1.29 is 28.2 Å². The van der Waals surface area contributed by atoms with Gasteiger partial charge in [0.2, 0.25) is 5.91 Å². The standard InChI is InChI=1S/C27H32ClN3O7/c1-34-23-16-19(5-7-21(23)28)29-9-11-30(12-10-29)25(32)18-31-22-8-6-20(17-24(22)38-27(31)33)35-14-15-37-26-4-2-3-13-36-26/h5-8,16-17,26H,2-4,9-15,18H2,1H3. The van der Waals surface area contributed by atoms with Gasteiger partial charge in [0.25, 0.3) is 0 Å². The van der Waals surface area contributed by atoms with Gasteiger partial charge < -0.3 is 33.2 Å². The molecule has 2 aliphatic rings. The Morgan fingerprint density at radius 1 is 1.08 bits per heavy atom. The fourth-order valence-electron chi connectivity index (χ4n) is 4.76. The van der Waals surface area contributed by atoms with Crippen molar-refractivity contribution in [3.63, 3.8) is 0 Å². The lowest BCUT2D eigenvalue weighted by atomic mass is 10.2. The van der Waals surface area contributed by atoms with E-state index >= 15 is 0 Å². The van der Waals surface area contributed by atoms with Gasteiger partial charge in [-0.1, -0.05) is 11.6 Å². The number of oxazole rings is 1. The molecule has 2 fully saturated rings. The summed E-state index contributed by atoms with van der Waals surface area (Å²) < 4.78 is 29.1. The molecule has 1 atom stereocenters. The third kappa shape index (κ3) is 6.09. The van der Waals surface area contributed by atoms with Crippen molar-refractivity contribution >= 4 is 34.3 Å². The van der Waals surface area contributed by atoms with Crippen LogP contribution in [0.25, 0.3) is 11.1 Å². The fraction of sp³-hybridized carbons (Fsp3) is 0.481. The first-order valence-corrected chi connectivity index (χ1v) is 13.3. The molecule has 10 nitrogen and oxygen atoms in total. The highest BCUT2D eigenvalue weighted by Gasteiger charge is 2.24. The van der Waals surface area contributed by atoms with Gasteiger partial charge in [0.05, 0.1) is 24.3 Å². The molecular formula is C27H32ClN3O7. The zero-order valence-corrected chi connectivity index (χ0v) is 22.2. The molecule has 0 bridgehead atoms. The molecule has 0 radical (unpaired) electrons. The van der Waals surface area contributed by atoms with Crippen LogP contribution in [0.1, 0.15) is 19.3 Å². The molecular weight excluding hydrogens is 514 g/mol. The minimum Gasteiger partial charge on any atom is -0.495 e. The van der Waals surface area contributed by atoms with Gasteiger partial charge in [-0.2, -0.15) is 0 Å². The van der Waals surface area contributed by atoms with Gasteiger partial charge in [0.1, 0.15) is 24.7 Å². The van der Waals surface area contributed by atoms with E-state index in [2.05, 4.69) is 4.90 Å². The molecule has 0 saturated carbocycles. The van der Waals surface area contributed by atoms with Crippen LogP contribution in [0.2, 0.25) is 5.02 Å². The van der Waals surface area contributed by atoms with Crippen LogP contribution in [0, 0.1) is 0 Å². The third-order valence-corrected chi connectivity index (χ3v) is 7.17. The normalized spacial score (nSPS) is 18.1. The van der Waals surface area contributed by atoms with E-state index in [1.54, 1.807) is 36.3 Å². The number of anilines is 1. The van der Waals surface area contributed by atoms with Crippen molar-refractivity contribution in [2.75, 3.05) is 58.0 Å². The zero-order valence-electron chi connectivity index (χ0n) is 21.4. The maximum absolute atomic E-state index is 13.0. The Bertz CT molecular complexity index is 1310. The molecule has 2 aromatic carbocycles. The number of amides is 1. The number of nitrogens with zero attached hydrogens (tertiary/aromatic N) is 3. The number of hydrogen-bond donors (Lipinski definition) is 0. The van der Waals surface area contributed by atoms with E-state index in [-0.39, 0.29) is 18.7 Å². The summed E-state index contributed by atoms with van der Waals surface area (Å²) in [4.78, 5) is 29.5. The van der Waals surface area contributed by atoms with E-state index < -0.39 is 5.76 Å². The number of methoxy groups -OCH3 is 1. The second kappa shape index (κ2) is 12.1. The predicted octanol–water partition coefficient (Wildman–Crippen LogP) is 3.53. The van der Waals surface area contributed by atoms with E-state index in [1.807, 2.05) is 12.1 Å². The maximum Gasteiger partial charge on any atom is 0.420 e. The van der Waals surface area contributed by atoms with Gasteiger partial charge in [-0.05, 0) is 43.5 Å². The zero-order chi connectivity index (χ0) is 26.5. The highest BCUT2D eigenvalue weighted by Crippen LogP contribution is 2.30. The number of rotatable bonds is 9. The van der Waals surface area contributed by atoms with Crippen LogP contribution in [-0.4, -0.2) is 74.8 Å². The molecule has 11 heteroatoms. The molecule has 0 spiro atoms. The van der Waals surface area contributed by atoms with Gasteiger partial charge >= 0.3 is 5.76 Å². The minimum atomic E-state index is -0.574. The number of ether oxygens (including phenoxy) is 4. The lowest BCUT2D eigenvalue weighted by Crippen LogP contribution is -2.50. The highest BCUT2D eigenvalue weighted by molar-refractivity contribution is 6.32. The Balaban J connectivity index is 1.15. The van der Waals surface area contributed by atoms with Gasteiger partial charge in [0.15, 0.2) is 11.9 Å². The molecule has 3 aromatic rings. The number of hydrogen-bond acceptors (Lipinski definition) is 8. The van der Waals surface area contributed by atoms with Crippen molar-refractivity contribution in [3.8, 4) is 11.5 Å². The molecule has 0 aliphatic carbocycles. The molecule has 38 heavy (non-hydrogen) atoms. The third-order valence-electron chi connectivity index (χ3n) is 6.86. The molecule has 1 amide bonds. The first kappa shape index (κ1) is 26.4. The van der Waals surface area contributed by atoms with Crippen molar-refractivity contribution in [3.05, 3.63) is 52.0 Å². The number of fused-ring (bicyclic) bond motifs is 1. The Hall–Kier alpha value is -3.21. The van der Waals surface area contributed by atoms with E-state index in [0.29, 0.717) is 67.0 Å². The first-order valence-electron chi connectivity index (χ1n) is 12.9. The molecule has 2 aliphatic heterocycles. The van der Waals surface area contributed by atoms with Gasteiger partial charge in [-0.15, -0.1) is 0 Å². The summed E-state index contributed by atoms with van der Waals surface area (Å²) in [5.41, 5.74) is 1.91. The summed E-state index contributed by atoms with van der Waals surface area (Å²) in [7, 11) is 1.58. The number of benzene rings is 2. The van der Waals surface area contributed by atoms with E-state index in [1.165, 1.54) is 4.57 Å². The monoisotopic (exact) mass is 545 g/mol. The summed E-state index contributed by atoms with van der Waals surface area (Å²) in [6, 6.07) is 10.8. The average Bonchev–Trinajstić information content (AvgIpc) is 3.25. The van der Waals surface area contributed by atoms with Crippen LogP contribution in [0.3, 0.4) is 0 Å². The highest BCUT2D eigenvalue weighted by atomic mass is 35.5. The number of aromatic nitrogens is 1. The average molecular weight is 546 g/mol. The van der Waals surface area contributed by atoms with Gasteiger partial charge in [-0.25, -0.2) is 4.79 Å². The van der Waals surface area contributed by atoms with Crippen LogP contribution in [0.4, 0.5) is 5.69 Å². The maximum atomic E-state index is 13.0. The quantitative estimate of drug-likeness (QED) is 0.377. The number of halogens is 1. The Morgan fingerprint density at radius 2 is 1.92 bits per heavy atom. The van der Waals surface area contributed by atoms with E-state index in [4.69, 9.17) is 35.0 Å². The predicted molar refractivity (Wildman–Crippen MR) is 142 cm³/mol. The molecule has 204 valence electrons. The fourth-order valence-corrected chi connectivity index (χ4v) is 4.96. The second-order valence-corrected chi connectivity index (χ2v) is 9.69. The van der Waals surface area contributed by atoms with E-state index in [9.17, 15) is 9.59 Å². The van der Waals surface area contributed by atoms with E-state index in [0.717, 1.165) is 31.6 Å². The lowest BCUT2D eigenvalue weighted by molar-refractivity contribution is -0.165. The van der Waals surface area contributed by atoms with Crippen LogP contribution >= 0.6 is 11.6 Å². The Morgan fingerprint density at radius 3 is 2.68 bits per heavy atom. The SMILES string of the molecule is COc1cc(N2CCN(C(=O)Cn3c(=O)oc4cc(OCCOC5CCCCO5)ccc43)CC2)ccc1Cl. The summed E-state index contributed by atoms with van der Waals surface area (Å²) >= 11 is 6.14. The Kier molecular flexibility index (Phi) is 8.41. The molecule has 1 aromatic heterocycles. The Labute approximate surface area is 225 Å². The van der Waals surface area contributed by atoms with Crippen LogP contribution in [0.15, 0.2) is 45.6 Å². The molecule has 3 heterocycles. The van der Waals surface area contributed by atoms with Crippen LogP contribution < -0.4 is 20.1 Å². The van der Waals surface area contributed by atoms with Crippen LogP contribution in [0.5, 0.6) is 11.5 Å². The molecule has 1 unspecified atom stereocenters. The second-order valence-electron chi connectivity index (χ2n) is 9.29. The van der Waals surface area contributed by atoms with Gasteiger partial charge in [-0.3, -0.25) is 9.36 Å². The lowest BCUT2D eigenvalue weighted by Gasteiger charge is -2.36. The van der Waals surface area contributed by atoms with Crippen molar-refractivity contribution in [1.82, 2.24) is 9.47 Å². The van der Waals surface area contributed by atoms with Crippen molar-refractivity contribution in [2.45, 2.75) is 32.1 Å². The number of carbonyl (C=O) groups excluding carboxylic acids is 1.